The van der Waals surface area contributed by atoms with E-state index in [-0.39, 0.29) is 12.4 Å². The average molecular weight is 237 g/mol. The summed E-state index contributed by atoms with van der Waals surface area (Å²) < 4.78 is 13.4. The number of rotatable bonds is 4. The monoisotopic (exact) mass is 237 g/mol. The molecule has 1 saturated heterocycles. The van der Waals surface area contributed by atoms with E-state index < -0.39 is 0 Å². The smallest absolute Gasteiger partial charge is 0.125 e. The van der Waals surface area contributed by atoms with Crippen LogP contribution in [0.5, 0.6) is 0 Å². The highest BCUT2D eigenvalue weighted by Gasteiger charge is 2.22. The third kappa shape index (κ3) is 2.97. The molecule has 0 bridgehead atoms. The molecule has 1 fully saturated rings. The van der Waals surface area contributed by atoms with Gasteiger partial charge in [-0.1, -0.05) is 13.3 Å². The van der Waals surface area contributed by atoms with Crippen molar-refractivity contribution < 1.29 is 9.50 Å². The predicted molar refractivity (Wildman–Crippen MR) is 67.6 cm³/mol. The minimum atomic E-state index is -0.259. The summed E-state index contributed by atoms with van der Waals surface area (Å²) in [5, 5.41) is 9.08. The molecular weight excluding hydrogens is 217 g/mol. The van der Waals surface area contributed by atoms with Gasteiger partial charge in [0.2, 0.25) is 0 Å². The molecule has 0 amide bonds. The molecule has 0 radical (unpaired) electrons. The van der Waals surface area contributed by atoms with E-state index in [1.165, 1.54) is 25.3 Å². The quantitative estimate of drug-likeness (QED) is 0.870. The molecule has 2 nitrogen and oxygen atoms in total. The van der Waals surface area contributed by atoms with Gasteiger partial charge in [0.1, 0.15) is 5.82 Å². The summed E-state index contributed by atoms with van der Waals surface area (Å²) in [6.07, 6.45) is 3.65. The normalized spacial score (nSPS) is 19.9. The summed E-state index contributed by atoms with van der Waals surface area (Å²) in [7, 11) is 0. The highest BCUT2D eigenvalue weighted by Crippen LogP contribution is 2.27. The molecule has 17 heavy (non-hydrogen) atoms. The number of aliphatic hydroxyl groups excluding tert-OH is 1. The molecule has 3 heteroatoms. The van der Waals surface area contributed by atoms with Crippen LogP contribution >= 0.6 is 0 Å². The highest BCUT2D eigenvalue weighted by atomic mass is 19.1. The van der Waals surface area contributed by atoms with Crippen LogP contribution in [-0.2, 0) is 6.61 Å². The maximum absolute atomic E-state index is 13.4. The molecule has 0 aromatic heterocycles. The fourth-order valence-corrected chi connectivity index (χ4v) is 2.62. The first-order valence-electron chi connectivity index (χ1n) is 6.38. The van der Waals surface area contributed by atoms with Crippen LogP contribution in [0.2, 0.25) is 0 Å². The van der Waals surface area contributed by atoms with Crippen molar-refractivity contribution in [1.82, 2.24) is 0 Å². The minimum Gasteiger partial charge on any atom is -0.392 e. The van der Waals surface area contributed by atoms with Crippen molar-refractivity contribution in [3.63, 3.8) is 0 Å². The Bertz CT molecular complexity index is 380. The predicted octanol–water partition coefficient (Wildman–Crippen LogP) is 2.94. The summed E-state index contributed by atoms with van der Waals surface area (Å²) >= 11 is 0. The fourth-order valence-electron chi connectivity index (χ4n) is 2.62. The van der Waals surface area contributed by atoms with Gasteiger partial charge in [-0.2, -0.15) is 0 Å². The zero-order chi connectivity index (χ0) is 12.3. The van der Waals surface area contributed by atoms with Crippen molar-refractivity contribution in [3.05, 3.63) is 29.6 Å². The van der Waals surface area contributed by atoms with Gasteiger partial charge in [0.05, 0.1) is 6.61 Å². The van der Waals surface area contributed by atoms with E-state index in [4.69, 9.17) is 5.11 Å². The Morgan fingerprint density at radius 2 is 2.24 bits per heavy atom. The van der Waals surface area contributed by atoms with E-state index in [0.717, 1.165) is 24.7 Å². The van der Waals surface area contributed by atoms with Crippen LogP contribution in [0.4, 0.5) is 10.1 Å². The van der Waals surface area contributed by atoms with Gasteiger partial charge in [0.15, 0.2) is 0 Å². The first kappa shape index (κ1) is 12.4. The van der Waals surface area contributed by atoms with Gasteiger partial charge in [0.25, 0.3) is 0 Å². The van der Waals surface area contributed by atoms with Crippen molar-refractivity contribution in [2.45, 2.75) is 32.8 Å². The number of hydrogen-bond acceptors (Lipinski definition) is 2. The van der Waals surface area contributed by atoms with Crippen LogP contribution in [0.15, 0.2) is 18.2 Å². The Kier molecular flexibility index (Phi) is 4.00. The van der Waals surface area contributed by atoms with Crippen molar-refractivity contribution in [2.75, 3.05) is 18.0 Å². The SMILES string of the molecule is CCCC1CCN(c2cc(F)cc(CO)c2)C1. The van der Waals surface area contributed by atoms with Crippen LogP contribution in [0.25, 0.3) is 0 Å². The van der Waals surface area contributed by atoms with E-state index in [9.17, 15) is 4.39 Å². The van der Waals surface area contributed by atoms with Gasteiger partial charge in [-0.15, -0.1) is 0 Å². The zero-order valence-electron chi connectivity index (χ0n) is 10.3. The molecule has 0 saturated carbocycles. The zero-order valence-corrected chi connectivity index (χ0v) is 10.3. The van der Waals surface area contributed by atoms with Crippen molar-refractivity contribution >= 4 is 5.69 Å². The molecule has 2 rings (SSSR count). The van der Waals surface area contributed by atoms with Gasteiger partial charge in [-0.25, -0.2) is 4.39 Å². The molecule has 0 aliphatic carbocycles. The van der Waals surface area contributed by atoms with E-state index in [1.54, 1.807) is 6.07 Å². The van der Waals surface area contributed by atoms with Crippen molar-refractivity contribution in [1.29, 1.82) is 0 Å². The van der Waals surface area contributed by atoms with Crippen LogP contribution in [0.3, 0.4) is 0 Å². The summed E-state index contributed by atoms with van der Waals surface area (Å²) in [6.45, 7) is 4.12. The van der Waals surface area contributed by atoms with Crippen molar-refractivity contribution in [3.8, 4) is 0 Å². The number of anilines is 1. The second kappa shape index (κ2) is 5.50. The summed E-state index contributed by atoms with van der Waals surface area (Å²) in [5.74, 6) is 0.478. The Labute approximate surface area is 102 Å². The van der Waals surface area contributed by atoms with Gasteiger partial charge >= 0.3 is 0 Å². The highest BCUT2D eigenvalue weighted by molar-refractivity contribution is 5.49. The Morgan fingerprint density at radius 3 is 2.94 bits per heavy atom. The van der Waals surface area contributed by atoms with Crippen LogP contribution < -0.4 is 4.90 Å². The molecular formula is C14H20FNO. The summed E-state index contributed by atoms with van der Waals surface area (Å²) in [5.41, 5.74) is 1.56. The molecule has 1 aromatic carbocycles. The molecule has 1 N–H and O–H groups in total. The largest absolute Gasteiger partial charge is 0.392 e. The van der Waals surface area contributed by atoms with E-state index in [1.807, 2.05) is 6.07 Å². The fraction of sp³-hybridized carbons (Fsp3) is 0.571. The van der Waals surface area contributed by atoms with E-state index in [2.05, 4.69) is 11.8 Å². The molecule has 1 atom stereocenters. The van der Waals surface area contributed by atoms with Crippen LogP contribution in [0, 0.1) is 11.7 Å². The van der Waals surface area contributed by atoms with Crippen LogP contribution in [-0.4, -0.2) is 18.2 Å². The van der Waals surface area contributed by atoms with E-state index in [0.29, 0.717) is 5.56 Å². The van der Waals surface area contributed by atoms with Crippen LogP contribution in [0.1, 0.15) is 31.7 Å². The number of hydrogen-bond donors (Lipinski definition) is 1. The first-order chi connectivity index (χ1) is 8.22. The number of nitrogens with zero attached hydrogens (tertiary/aromatic N) is 1. The standard InChI is InChI=1S/C14H20FNO/c1-2-3-11-4-5-16(9-11)14-7-12(10-17)6-13(15)8-14/h6-8,11,17H,2-5,9-10H2,1H3. The number of halogens is 1. The maximum Gasteiger partial charge on any atom is 0.125 e. The van der Waals surface area contributed by atoms with Gasteiger partial charge < -0.3 is 10.0 Å². The maximum atomic E-state index is 13.4. The Hall–Kier alpha value is -1.09. The molecule has 94 valence electrons. The number of benzene rings is 1. The lowest BCUT2D eigenvalue weighted by molar-refractivity contribution is 0.281. The van der Waals surface area contributed by atoms with E-state index >= 15 is 0 Å². The summed E-state index contributed by atoms with van der Waals surface area (Å²) in [6, 6.07) is 4.84. The average Bonchev–Trinajstić information content (AvgIpc) is 2.77. The first-order valence-corrected chi connectivity index (χ1v) is 6.38. The number of aliphatic hydroxyl groups is 1. The lowest BCUT2D eigenvalue weighted by Gasteiger charge is -2.19. The molecule has 1 aromatic rings. The molecule has 0 spiro atoms. The lowest BCUT2D eigenvalue weighted by Crippen LogP contribution is -2.19. The second-order valence-electron chi connectivity index (χ2n) is 4.87. The Morgan fingerprint density at radius 1 is 1.41 bits per heavy atom. The molecule has 1 aliphatic heterocycles. The molecule has 1 heterocycles. The second-order valence-corrected chi connectivity index (χ2v) is 4.87. The third-order valence-electron chi connectivity index (χ3n) is 3.47. The van der Waals surface area contributed by atoms with Gasteiger partial charge in [-0.3, -0.25) is 0 Å². The van der Waals surface area contributed by atoms with Gasteiger partial charge in [0, 0.05) is 18.8 Å². The van der Waals surface area contributed by atoms with Gasteiger partial charge in [-0.05, 0) is 42.5 Å². The third-order valence-corrected chi connectivity index (χ3v) is 3.47. The van der Waals surface area contributed by atoms with Crippen molar-refractivity contribution in [2.24, 2.45) is 5.92 Å². The summed E-state index contributed by atoms with van der Waals surface area (Å²) in [4.78, 5) is 2.22. The Balaban J connectivity index is 2.10. The molecule has 1 unspecified atom stereocenters. The minimum absolute atomic E-state index is 0.100. The topological polar surface area (TPSA) is 23.5 Å². The molecule has 1 aliphatic rings. The lowest BCUT2D eigenvalue weighted by atomic mass is 10.0.